The van der Waals surface area contributed by atoms with Crippen molar-refractivity contribution in [3.8, 4) is 0 Å². The molecular weight excluding hydrogens is 416 g/mol. The van der Waals surface area contributed by atoms with Crippen LogP contribution in [0.25, 0.3) is 0 Å². The van der Waals surface area contributed by atoms with Gasteiger partial charge in [0.25, 0.3) is 0 Å². The van der Waals surface area contributed by atoms with Crippen LogP contribution >= 0.6 is 0 Å². The first-order chi connectivity index (χ1) is 14.6. The van der Waals surface area contributed by atoms with Gasteiger partial charge in [0.05, 0.1) is 18.8 Å². The molecule has 10 unspecified atom stereocenters. The molecule has 0 fully saturated rings. The summed E-state index contributed by atoms with van der Waals surface area (Å²) in [5.74, 6) is -1.52. The van der Waals surface area contributed by atoms with Gasteiger partial charge in [-0.15, -0.1) is 6.58 Å². The Bertz CT molecular complexity index is 466. The molecule has 0 aliphatic rings. The monoisotopic (exact) mass is 456 g/mol. The fraction of sp³-hybridized carbons (Fsp3) is 0.900. The van der Waals surface area contributed by atoms with Crippen molar-refractivity contribution >= 4 is 0 Å². The average molecular weight is 457 g/mol. The van der Waals surface area contributed by atoms with E-state index in [9.17, 15) is 40.9 Å². The molecule has 0 saturated carbocycles. The van der Waals surface area contributed by atoms with Gasteiger partial charge in [-0.25, -0.2) is 0 Å². The summed E-state index contributed by atoms with van der Waals surface area (Å²) in [5.41, 5.74) is 0. The van der Waals surface area contributed by atoms with Crippen molar-refractivity contribution in [2.24, 2.45) is 11.8 Å². The predicted octanol–water partition coefficient (Wildman–Crippen LogP) is -2.29. The van der Waals surface area contributed by atoms with E-state index in [-0.39, 0.29) is 6.61 Å². The number of hydrogen-bond acceptors (Lipinski definition) is 11. The number of aliphatic hydroxyl groups excluding tert-OH is 8. The largest absolute Gasteiger partial charge is 0.396 e. The van der Waals surface area contributed by atoms with Crippen molar-refractivity contribution in [1.82, 2.24) is 0 Å². The Kier molecular flexibility index (Phi) is 15.6. The molecule has 31 heavy (non-hydrogen) atoms. The van der Waals surface area contributed by atoms with E-state index in [1.807, 2.05) is 0 Å². The minimum atomic E-state index is -2.07. The minimum absolute atomic E-state index is 0.0742. The molecule has 0 saturated heterocycles. The third-order valence-corrected chi connectivity index (χ3v) is 5.08. The summed E-state index contributed by atoms with van der Waals surface area (Å²) in [5, 5.41) is 80.4. The summed E-state index contributed by atoms with van der Waals surface area (Å²) in [4.78, 5) is 0. The molecule has 0 rings (SSSR count). The highest BCUT2D eigenvalue weighted by molar-refractivity contribution is 4.86. The fourth-order valence-electron chi connectivity index (χ4n) is 2.80. The first kappa shape index (κ1) is 30.3. The SMILES string of the molecule is C=CCCCOC(O)C(O)C(OC(O)C(O)C(OC)C(O)C(C)CO)C(O)C(C)CO. The lowest BCUT2D eigenvalue weighted by molar-refractivity contribution is -0.281. The molecule has 186 valence electrons. The van der Waals surface area contributed by atoms with Gasteiger partial charge in [0, 0.05) is 32.2 Å². The Morgan fingerprint density at radius 3 is 1.71 bits per heavy atom. The number of ether oxygens (including phenoxy) is 3. The van der Waals surface area contributed by atoms with Crippen LogP contribution in [0.3, 0.4) is 0 Å². The summed E-state index contributed by atoms with van der Waals surface area (Å²) in [6.07, 6.45) is -10.7. The van der Waals surface area contributed by atoms with E-state index in [0.717, 1.165) is 0 Å². The smallest absolute Gasteiger partial charge is 0.184 e. The quantitative estimate of drug-likeness (QED) is 0.0629. The maximum atomic E-state index is 10.4. The van der Waals surface area contributed by atoms with E-state index < -0.39 is 74.3 Å². The normalized spacial score (nSPS) is 21.9. The van der Waals surface area contributed by atoms with Gasteiger partial charge in [-0.1, -0.05) is 19.9 Å². The van der Waals surface area contributed by atoms with Crippen LogP contribution in [-0.4, -0.2) is 117 Å². The van der Waals surface area contributed by atoms with Gasteiger partial charge >= 0.3 is 0 Å². The van der Waals surface area contributed by atoms with Crippen molar-refractivity contribution in [2.45, 2.75) is 75.9 Å². The van der Waals surface area contributed by atoms with E-state index in [4.69, 9.17) is 14.2 Å². The third-order valence-electron chi connectivity index (χ3n) is 5.08. The molecule has 0 aromatic rings. The summed E-state index contributed by atoms with van der Waals surface area (Å²) >= 11 is 0. The molecule has 11 heteroatoms. The van der Waals surface area contributed by atoms with Gasteiger partial charge in [-0.2, -0.15) is 0 Å². The molecule has 0 aromatic carbocycles. The highest BCUT2D eigenvalue weighted by Gasteiger charge is 2.41. The van der Waals surface area contributed by atoms with Gasteiger partial charge in [-0.3, -0.25) is 0 Å². The van der Waals surface area contributed by atoms with Crippen LogP contribution < -0.4 is 0 Å². The van der Waals surface area contributed by atoms with E-state index in [1.54, 1.807) is 6.08 Å². The number of unbranched alkanes of at least 4 members (excludes halogenated alkanes) is 1. The van der Waals surface area contributed by atoms with E-state index >= 15 is 0 Å². The molecule has 0 aliphatic carbocycles. The summed E-state index contributed by atoms with van der Waals surface area (Å²) < 4.78 is 15.4. The first-order valence-electron chi connectivity index (χ1n) is 10.3. The Hall–Kier alpha value is -0.700. The molecule has 0 aliphatic heterocycles. The molecule has 0 heterocycles. The van der Waals surface area contributed by atoms with Crippen LogP contribution in [0.5, 0.6) is 0 Å². The molecule has 0 bridgehead atoms. The van der Waals surface area contributed by atoms with Crippen LogP contribution in [0, 0.1) is 11.8 Å². The predicted molar refractivity (Wildman–Crippen MR) is 110 cm³/mol. The lowest BCUT2D eigenvalue weighted by Gasteiger charge is -2.37. The summed E-state index contributed by atoms with van der Waals surface area (Å²) in [6, 6.07) is 0. The zero-order valence-electron chi connectivity index (χ0n) is 18.4. The minimum Gasteiger partial charge on any atom is -0.396 e. The second-order valence-electron chi connectivity index (χ2n) is 7.67. The van der Waals surface area contributed by atoms with Crippen LogP contribution in [-0.2, 0) is 14.2 Å². The summed E-state index contributed by atoms with van der Waals surface area (Å²) in [7, 11) is 1.17. The Morgan fingerprint density at radius 2 is 1.26 bits per heavy atom. The van der Waals surface area contributed by atoms with Crippen molar-refractivity contribution in [2.75, 3.05) is 26.9 Å². The zero-order chi connectivity index (χ0) is 24.1. The van der Waals surface area contributed by atoms with Gasteiger partial charge in [0.1, 0.15) is 24.4 Å². The topological polar surface area (TPSA) is 190 Å². The highest BCUT2D eigenvalue weighted by Crippen LogP contribution is 2.22. The van der Waals surface area contributed by atoms with Gasteiger partial charge in [0.2, 0.25) is 0 Å². The van der Waals surface area contributed by atoms with E-state index in [2.05, 4.69) is 6.58 Å². The molecule has 0 amide bonds. The molecular formula is C20H40O11. The Morgan fingerprint density at radius 1 is 0.774 bits per heavy atom. The molecule has 0 radical (unpaired) electrons. The van der Waals surface area contributed by atoms with Gasteiger partial charge in [-0.05, 0) is 12.8 Å². The average Bonchev–Trinajstić information content (AvgIpc) is 2.77. The third kappa shape index (κ3) is 9.76. The number of aliphatic hydroxyl groups is 8. The van der Waals surface area contributed by atoms with Crippen LogP contribution in [0.2, 0.25) is 0 Å². The first-order valence-corrected chi connectivity index (χ1v) is 10.3. The standard InChI is InChI=1S/C20H40O11/c1-5-6-7-8-30-19(27)16(26)18(14(24)12(3)10-22)31-20(28)15(25)17(29-4)13(23)11(2)9-21/h5,11-28H,1,6-10H2,2-4H3. The van der Waals surface area contributed by atoms with Crippen molar-refractivity contribution < 1.29 is 55.1 Å². The molecule has 10 atom stereocenters. The number of rotatable bonds is 18. The van der Waals surface area contributed by atoms with Crippen LogP contribution in [0.4, 0.5) is 0 Å². The number of allylic oxidation sites excluding steroid dienone is 1. The number of hydrogen-bond donors (Lipinski definition) is 8. The fourth-order valence-corrected chi connectivity index (χ4v) is 2.80. The zero-order valence-corrected chi connectivity index (χ0v) is 18.4. The second kappa shape index (κ2) is 16.0. The lowest BCUT2D eigenvalue weighted by atomic mass is 9.95. The Balaban J connectivity index is 5.38. The summed E-state index contributed by atoms with van der Waals surface area (Å²) in [6.45, 7) is 5.67. The molecule has 0 spiro atoms. The van der Waals surface area contributed by atoms with E-state index in [0.29, 0.717) is 12.8 Å². The molecule has 11 nitrogen and oxygen atoms in total. The van der Waals surface area contributed by atoms with Crippen molar-refractivity contribution in [3.63, 3.8) is 0 Å². The maximum absolute atomic E-state index is 10.4. The van der Waals surface area contributed by atoms with Crippen molar-refractivity contribution in [3.05, 3.63) is 12.7 Å². The maximum Gasteiger partial charge on any atom is 0.184 e. The number of methoxy groups -OCH3 is 1. The lowest BCUT2D eigenvalue weighted by Crippen LogP contribution is -2.55. The van der Waals surface area contributed by atoms with E-state index in [1.165, 1.54) is 21.0 Å². The van der Waals surface area contributed by atoms with Crippen LogP contribution in [0.1, 0.15) is 26.7 Å². The molecule has 8 N–H and O–H groups in total. The van der Waals surface area contributed by atoms with Crippen LogP contribution in [0.15, 0.2) is 12.7 Å². The van der Waals surface area contributed by atoms with Gasteiger partial charge < -0.3 is 55.1 Å². The highest BCUT2D eigenvalue weighted by atomic mass is 16.7. The van der Waals surface area contributed by atoms with Crippen molar-refractivity contribution in [1.29, 1.82) is 0 Å². The second-order valence-corrected chi connectivity index (χ2v) is 7.67. The van der Waals surface area contributed by atoms with Gasteiger partial charge in [0.15, 0.2) is 12.6 Å². The Labute approximate surface area is 183 Å². The molecule has 0 aromatic heterocycles.